The van der Waals surface area contributed by atoms with Crippen LogP contribution in [-0.4, -0.2) is 11.7 Å². The van der Waals surface area contributed by atoms with Crippen molar-refractivity contribution in [3.8, 4) is 0 Å². The van der Waals surface area contributed by atoms with Crippen molar-refractivity contribution >= 4 is 11.6 Å². The molecule has 0 heterocycles. The molecule has 4 unspecified atom stereocenters. The van der Waals surface area contributed by atoms with Gasteiger partial charge in [-0.15, -0.1) is 0 Å². The highest BCUT2D eigenvalue weighted by atomic mass is 35.5. The van der Waals surface area contributed by atoms with E-state index < -0.39 is 6.10 Å². The first-order valence-electron chi connectivity index (χ1n) is 7.21. The fourth-order valence-corrected chi connectivity index (χ4v) is 4.67. The van der Waals surface area contributed by atoms with E-state index in [1.807, 2.05) is 25.1 Å². The van der Waals surface area contributed by atoms with E-state index >= 15 is 0 Å². The van der Waals surface area contributed by atoms with Gasteiger partial charge in [-0.3, -0.25) is 0 Å². The van der Waals surface area contributed by atoms with Crippen LogP contribution in [0.5, 0.6) is 0 Å². The topological polar surface area (TPSA) is 46.2 Å². The molecule has 0 aromatic heterocycles. The van der Waals surface area contributed by atoms with Crippen LogP contribution in [0.4, 0.5) is 0 Å². The van der Waals surface area contributed by atoms with Gasteiger partial charge in [-0.1, -0.05) is 24.1 Å². The molecule has 0 spiro atoms. The lowest BCUT2D eigenvalue weighted by molar-refractivity contribution is -0.0134. The SMILES string of the molecule is Cc1cc(Cl)ccc1C(O)C1(CN)CC2CCC1C2. The third kappa shape index (κ3) is 2.01. The molecule has 0 amide bonds. The number of rotatable bonds is 3. The van der Waals surface area contributed by atoms with E-state index in [9.17, 15) is 5.11 Å². The average molecular weight is 280 g/mol. The van der Waals surface area contributed by atoms with Gasteiger partial charge >= 0.3 is 0 Å². The van der Waals surface area contributed by atoms with Gasteiger partial charge in [0.25, 0.3) is 0 Å². The fourth-order valence-electron chi connectivity index (χ4n) is 4.44. The Morgan fingerprint density at radius 1 is 1.47 bits per heavy atom. The maximum absolute atomic E-state index is 10.9. The number of fused-ring (bicyclic) bond motifs is 2. The number of hydrogen-bond acceptors (Lipinski definition) is 2. The van der Waals surface area contributed by atoms with Crippen molar-refractivity contribution in [2.75, 3.05) is 6.54 Å². The molecule has 2 saturated carbocycles. The molecule has 0 radical (unpaired) electrons. The van der Waals surface area contributed by atoms with E-state index in [1.54, 1.807) is 0 Å². The normalized spacial score (nSPS) is 34.7. The first-order valence-corrected chi connectivity index (χ1v) is 7.59. The summed E-state index contributed by atoms with van der Waals surface area (Å²) >= 11 is 6.01. The minimum atomic E-state index is -0.454. The Bertz CT molecular complexity index is 490. The minimum absolute atomic E-state index is 0.110. The summed E-state index contributed by atoms with van der Waals surface area (Å²) in [5.74, 6) is 1.36. The summed E-state index contributed by atoms with van der Waals surface area (Å²) in [6.07, 6.45) is 4.42. The molecule has 1 aromatic carbocycles. The zero-order chi connectivity index (χ0) is 13.6. The standard InChI is InChI=1S/C16H22ClNO/c1-10-6-13(17)4-5-14(10)15(19)16(9-18)8-11-2-3-12(16)7-11/h4-6,11-12,15,19H,2-3,7-9,18H2,1H3. The van der Waals surface area contributed by atoms with Crippen molar-refractivity contribution in [1.82, 2.24) is 0 Å². The monoisotopic (exact) mass is 279 g/mol. The lowest BCUT2D eigenvalue weighted by atomic mass is 9.67. The van der Waals surface area contributed by atoms with Crippen molar-refractivity contribution in [2.24, 2.45) is 23.0 Å². The zero-order valence-corrected chi connectivity index (χ0v) is 12.2. The van der Waals surface area contributed by atoms with Crippen molar-refractivity contribution in [3.05, 3.63) is 34.3 Å². The van der Waals surface area contributed by atoms with E-state index in [-0.39, 0.29) is 5.41 Å². The van der Waals surface area contributed by atoms with Crippen molar-refractivity contribution in [2.45, 2.75) is 38.7 Å². The quantitative estimate of drug-likeness (QED) is 0.890. The Labute approximate surface area is 120 Å². The van der Waals surface area contributed by atoms with E-state index in [1.165, 1.54) is 19.3 Å². The number of nitrogens with two attached hydrogens (primary N) is 1. The van der Waals surface area contributed by atoms with Gasteiger partial charge in [-0.05, 0) is 61.3 Å². The van der Waals surface area contributed by atoms with Crippen LogP contribution in [0.2, 0.25) is 5.02 Å². The second-order valence-corrected chi connectivity index (χ2v) is 6.86. The highest BCUT2D eigenvalue weighted by Crippen LogP contribution is 2.60. The van der Waals surface area contributed by atoms with E-state index in [0.29, 0.717) is 12.5 Å². The smallest absolute Gasteiger partial charge is 0.0863 e. The molecule has 3 rings (SSSR count). The van der Waals surface area contributed by atoms with Crippen LogP contribution in [0.3, 0.4) is 0 Å². The number of halogens is 1. The summed E-state index contributed by atoms with van der Waals surface area (Å²) in [5.41, 5.74) is 8.05. The fraction of sp³-hybridized carbons (Fsp3) is 0.625. The summed E-state index contributed by atoms with van der Waals surface area (Å²) in [6.45, 7) is 2.60. The van der Waals surface area contributed by atoms with Crippen molar-refractivity contribution in [3.63, 3.8) is 0 Å². The lowest BCUT2D eigenvalue weighted by Gasteiger charge is -2.41. The largest absolute Gasteiger partial charge is 0.388 e. The minimum Gasteiger partial charge on any atom is -0.388 e. The molecule has 0 saturated heterocycles. The Morgan fingerprint density at radius 2 is 2.26 bits per heavy atom. The molecule has 3 heteroatoms. The maximum Gasteiger partial charge on any atom is 0.0863 e. The molecule has 4 atom stereocenters. The van der Waals surface area contributed by atoms with Gasteiger partial charge in [-0.2, -0.15) is 0 Å². The highest BCUT2D eigenvalue weighted by Gasteiger charge is 2.54. The molecule has 0 aliphatic heterocycles. The van der Waals surface area contributed by atoms with Crippen molar-refractivity contribution in [1.29, 1.82) is 0 Å². The van der Waals surface area contributed by atoms with Crippen LogP contribution in [-0.2, 0) is 0 Å². The van der Waals surface area contributed by atoms with E-state index in [4.69, 9.17) is 17.3 Å². The van der Waals surface area contributed by atoms with E-state index in [0.717, 1.165) is 28.5 Å². The van der Waals surface area contributed by atoms with Gasteiger partial charge in [-0.25, -0.2) is 0 Å². The van der Waals surface area contributed by atoms with Crippen LogP contribution in [0.15, 0.2) is 18.2 Å². The molecule has 2 aliphatic rings. The second-order valence-electron chi connectivity index (χ2n) is 6.42. The Kier molecular flexibility index (Phi) is 3.36. The Hall–Kier alpha value is -0.570. The van der Waals surface area contributed by atoms with Gasteiger partial charge in [0, 0.05) is 17.0 Å². The van der Waals surface area contributed by atoms with Gasteiger partial charge in [0.05, 0.1) is 6.10 Å². The molecule has 2 aliphatic carbocycles. The van der Waals surface area contributed by atoms with Crippen LogP contribution in [0.1, 0.15) is 42.9 Å². The van der Waals surface area contributed by atoms with E-state index in [2.05, 4.69) is 0 Å². The molecule has 1 aromatic rings. The summed E-state index contributed by atoms with van der Waals surface area (Å²) < 4.78 is 0. The summed E-state index contributed by atoms with van der Waals surface area (Å²) in [4.78, 5) is 0. The van der Waals surface area contributed by atoms with Crippen LogP contribution in [0.25, 0.3) is 0 Å². The molecule has 2 nitrogen and oxygen atoms in total. The number of aliphatic hydroxyl groups excluding tert-OH is 1. The van der Waals surface area contributed by atoms with Crippen LogP contribution < -0.4 is 5.73 Å². The van der Waals surface area contributed by atoms with Crippen LogP contribution >= 0.6 is 11.6 Å². The van der Waals surface area contributed by atoms with Gasteiger partial charge in [0.15, 0.2) is 0 Å². The molecular weight excluding hydrogens is 258 g/mol. The number of aryl methyl sites for hydroxylation is 1. The summed E-state index contributed by atoms with van der Waals surface area (Å²) in [5, 5.41) is 11.7. The Balaban J connectivity index is 1.96. The zero-order valence-electron chi connectivity index (χ0n) is 11.4. The van der Waals surface area contributed by atoms with Gasteiger partial charge in [0.1, 0.15) is 0 Å². The number of benzene rings is 1. The maximum atomic E-state index is 10.9. The average Bonchev–Trinajstić information content (AvgIpc) is 2.98. The molecule has 2 fully saturated rings. The molecule has 104 valence electrons. The predicted molar refractivity (Wildman–Crippen MR) is 78.1 cm³/mol. The third-order valence-electron chi connectivity index (χ3n) is 5.47. The lowest BCUT2D eigenvalue weighted by Crippen LogP contribution is -2.41. The molecule has 19 heavy (non-hydrogen) atoms. The number of aliphatic hydroxyl groups is 1. The Morgan fingerprint density at radius 3 is 2.79 bits per heavy atom. The molecule has 2 bridgehead atoms. The van der Waals surface area contributed by atoms with Gasteiger partial charge in [0.2, 0.25) is 0 Å². The van der Waals surface area contributed by atoms with Crippen molar-refractivity contribution < 1.29 is 5.11 Å². The number of hydrogen-bond donors (Lipinski definition) is 2. The summed E-state index contributed by atoms with van der Waals surface area (Å²) in [6, 6.07) is 5.76. The van der Waals surface area contributed by atoms with Crippen LogP contribution in [0, 0.1) is 24.2 Å². The summed E-state index contributed by atoms with van der Waals surface area (Å²) in [7, 11) is 0. The first-order chi connectivity index (χ1) is 9.06. The van der Waals surface area contributed by atoms with Gasteiger partial charge < -0.3 is 10.8 Å². The highest BCUT2D eigenvalue weighted by molar-refractivity contribution is 6.30. The predicted octanol–water partition coefficient (Wildman–Crippen LogP) is 3.45. The second kappa shape index (κ2) is 4.76. The first kappa shape index (κ1) is 13.4. The third-order valence-corrected chi connectivity index (χ3v) is 5.71. The molecule has 3 N–H and O–H groups in total. The molecular formula is C16H22ClNO.